The summed E-state index contributed by atoms with van der Waals surface area (Å²) in [6.07, 6.45) is 0.0871. The molecule has 1 aromatic carbocycles. The zero-order chi connectivity index (χ0) is 13.1. The monoisotopic (exact) mass is 265 g/mol. The summed E-state index contributed by atoms with van der Waals surface area (Å²) in [5.41, 5.74) is 0.709. The van der Waals surface area contributed by atoms with Gasteiger partial charge in [0.25, 0.3) is 0 Å². The fourth-order valence-electron chi connectivity index (χ4n) is 1.73. The minimum absolute atomic E-state index is 0.0871. The second-order valence-corrected chi connectivity index (χ2v) is 4.60. The number of halogens is 1. The van der Waals surface area contributed by atoms with Gasteiger partial charge in [-0.25, -0.2) is 4.98 Å². The molecule has 0 spiro atoms. The molecule has 0 fully saturated rings. The van der Waals surface area contributed by atoms with Gasteiger partial charge < -0.3 is 9.47 Å². The number of hydrogen-bond donors (Lipinski definition) is 0. The van der Waals surface area contributed by atoms with Gasteiger partial charge in [0.2, 0.25) is 5.88 Å². The van der Waals surface area contributed by atoms with E-state index in [9.17, 15) is 0 Å². The topological polar surface area (TPSA) is 31.4 Å². The van der Waals surface area contributed by atoms with E-state index in [0.717, 1.165) is 11.1 Å². The van der Waals surface area contributed by atoms with E-state index in [1.165, 1.54) is 0 Å². The summed E-state index contributed by atoms with van der Waals surface area (Å²) >= 11 is 6.16. The molecule has 0 aliphatic rings. The zero-order valence-corrected chi connectivity index (χ0v) is 11.5. The summed E-state index contributed by atoms with van der Waals surface area (Å²) in [4.78, 5) is 4.40. The van der Waals surface area contributed by atoms with Crippen molar-refractivity contribution >= 4 is 22.5 Å². The first-order valence-corrected chi connectivity index (χ1v) is 6.38. The fraction of sp³-hybridized carbons (Fsp3) is 0.357. The molecule has 1 aromatic heterocycles. The molecular weight excluding hydrogens is 250 g/mol. The van der Waals surface area contributed by atoms with Crippen molar-refractivity contribution in [3.8, 4) is 11.6 Å². The van der Waals surface area contributed by atoms with Gasteiger partial charge in [0.05, 0.1) is 23.3 Å². The maximum absolute atomic E-state index is 6.16. The van der Waals surface area contributed by atoms with E-state index in [0.29, 0.717) is 23.0 Å². The molecule has 0 bridgehead atoms. The van der Waals surface area contributed by atoms with E-state index in [-0.39, 0.29) is 6.10 Å². The number of ether oxygens (including phenoxy) is 2. The molecule has 0 aliphatic carbocycles. The standard InChI is InChI=1S/C14H16ClNO2/c1-4-17-13-8-12(18-9(2)3)10-6-5-7-11(15)14(10)16-13/h5-9H,4H2,1-3H3. The number of pyridine rings is 1. The normalized spacial score (nSPS) is 10.9. The van der Waals surface area contributed by atoms with Crippen molar-refractivity contribution in [1.82, 2.24) is 4.98 Å². The molecule has 96 valence electrons. The van der Waals surface area contributed by atoms with Crippen molar-refractivity contribution < 1.29 is 9.47 Å². The summed E-state index contributed by atoms with van der Waals surface area (Å²) in [6, 6.07) is 7.45. The van der Waals surface area contributed by atoms with Crippen LogP contribution in [0.2, 0.25) is 5.02 Å². The highest BCUT2D eigenvalue weighted by Gasteiger charge is 2.11. The van der Waals surface area contributed by atoms with Crippen LogP contribution in [0.1, 0.15) is 20.8 Å². The predicted molar refractivity (Wildman–Crippen MR) is 73.7 cm³/mol. The number of rotatable bonds is 4. The van der Waals surface area contributed by atoms with Gasteiger partial charge in [-0.15, -0.1) is 0 Å². The van der Waals surface area contributed by atoms with Crippen LogP contribution < -0.4 is 9.47 Å². The van der Waals surface area contributed by atoms with Crippen molar-refractivity contribution in [3.63, 3.8) is 0 Å². The molecule has 0 aliphatic heterocycles. The highest BCUT2D eigenvalue weighted by Crippen LogP contribution is 2.33. The summed E-state index contributed by atoms with van der Waals surface area (Å²) in [5, 5.41) is 1.50. The molecule has 0 N–H and O–H groups in total. The average Bonchev–Trinajstić information content (AvgIpc) is 2.30. The first-order valence-electron chi connectivity index (χ1n) is 6.00. The molecule has 3 nitrogen and oxygen atoms in total. The Morgan fingerprint density at radius 2 is 2.11 bits per heavy atom. The quantitative estimate of drug-likeness (QED) is 0.835. The highest BCUT2D eigenvalue weighted by atomic mass is 35.5. The number of benzene rings is 1. The zero-order valence-electron chi connectivity index (χ0n) is 10.7. The van der Waals surface area contributed by atoms with E-state index >= 15 is 0 Å². The van der Waals surface area contributed by atoms with E-state index in [1.807, 2.05) is 45.0 Å². The summed E-state index contributed by atoms with van der Waals surface area (Å²) in [5.74, 6) is 1.29. The number of nitrogens with zero attached hydrogens (tertiary/aromatic N) is 1. The van der Waals surface area contributed by atoms with E-state index in [2.05, 4.69) is 4.98 Å². The second-order valence-electron chi connectivity index (χ2n) is 4.19. The van der Waals surface area contributed by atoms with Gasteiger partial charge in [-0.05, 0) is 32.9 Å². The summed E-state index contributed by atoms with van der Waals surface area (Å²) in [6.45, 7) is 6.44. The Morgan fingerprint density at radius 3 is 2.78 bits per heavy atom. The molecule has 4 heteroatoms. The molecular formula is C14H16ClNO2. The van der Waals surface area contributed by atoms with E-state index in [4.69, 9.17) is 21.1 Å². The Labute approximate surface area is 112 Å². The molecule has 0 saturated heterocycles. The maximum Gasteiger partial charge on any atom is 0.217 e. The number of hydrogen-bond acceptors (Lipinski definition) is 3. The largest absolute Gasteiger partial charge is 0.490 e. The van der Waals surface area contributed by atoms with Crippen LogP contribution in [0, 0.1) is 0 Å². The van der Waals surface area contributed by atoms with Crippen LogP contribution in [0.5, 0.6) is 11.6 Å². The minimum Gasteiger partial charge on any atom is -0.490 e. The lowest BCUT2D eigenvalue weighted by Crippen LogP contribution is -2.07. The molecule has 0 radical (unpaired) electrons. The third-order valence-corrected chi connectivity index (χ3v) is 2.69. The summed E-state index contributed by atoms with van der Waals surface area (Å²) < 4.78 is 11.2. The van der Waals surface area contributed by atoms with Gasteiger partial charge >= 0.3 is 0 Å². The van der Waals surface area contributed by atoms with Crippen LogP contribution in [-0.2, 0) is 0 Å². The Kier molecular flexibility index (Phi) is 3.92. The lowest BCUT2D eigenvalue weighted by Gasteiger charge is -2.14. The van der Waals surface area contributed by atoms with Gasteiger partial charge in [0.15, 0.2) is 0 Å². The lowest BCUT2D eigenvalue weighted by molar-refractivity contribution is 0.243. The van der Waals surface area contributed by atoms with E-state index in [1.54, 1.807) is 0 Å². The number of para-hydroxylation sites is 1. The maximum atomic E-state index is 6.16. The van der Waals surface area contributed by atoms with Gasteiger partial charge in [0, 0.05) is 11.5 Å². The smallest absolute Gasteiger partial charge is 0.217 e. The highest BCUT2D eigenvalue weighted by molar-refractivity contribution is 6.35. The molecule has 2 aromatic rings. The Morgan fingerprint density at radius 1 is 1.33 bits per heavy atom. The van der Waals surface area contributed by atoms with Crippen LogP contribution in [0.4, 0.5) is 0 Å². The van der Waals surface area contributed by atoms with Crippen LogP contribution in [0.25, 0.3) is 10.9 Å². The summed E-state index contributed by atoms with van der Waals surface area (Å²) in [7, 11) is 0. The molecule has 18 heavy (non-hydrogen) atoms. The van der Waals surface area contributed by atoms with Crippen molar-refractivity contribution in [2.75, 3.05) is 6.61 Å². The van der Waals surface area contributed by atoms with Crippen LogP contribution in [0.3, 0.4) is 0 Å². The molecule has 0 saturated carbocycles. The SMILES string of the molecule is CCOc1cc(OC(C)C)c2cccc(Cl)c2n1. The number of aromatic nitrogens is 1. The first-order chi connectivity index (χ1) is 8.61. The fourth-order valence-corrected chi connectivity index (χ4v) is 1.95. The predicted octanol–water partition coefficient (Wildman–Crippen LogP) is 4.07. The van der Waals surface area contributed by atoms with E-state index < -0.39 is 0 Å². The van der Waals surface area contributed by atoms with Crippen LogP contribution >= 0.6 is 11.6 Å². The van der Waals surface area contributed by atoms with Gasteiger partial charge in [-0.3, -0.25) is 0 Å². The van der Waals surface area contributed by atoms with Gasteiger partial charge in [-0.2, -0.15) is 0 Å². The van der Waals surface area contributed by atoms with Gasteiger partial charge in [-0.1, -0.05) is 17.7 Å². The minimum atomic E-state index is 0.0871. The lowest BCUT2D eigenvalue weighted by atomic mass is 10.2. The van der Waals surface area contributed by atoms with Crippen molar-refractivity contribution in [1.29, 1.82) is 0 Å². The van der Waals surface area contributed by atoms with Crippen molar-refractivity contribution in [3.05, 3.63) is 29.3 Å². The Balaban J connectivity index is 2.61. The Hall–Kier alpha value is -1.48. The third kappa shape index (κ3) is 2.67. The van der Waals surface area contributed by atoms with Crippen LogP contribution in [0.15, 0.2) is 24.3 Å². The van der Waals surface area contributed by atoms with Crippen LogP contribution in [-0.4, -0.2) is 17.7 Å². The molecule has 0 atom stereocenters. The third-order valence-electron chi connectivity index (χ3n) is 2.38. The molecule has 1 heterocycles. The second kappa shape index (κ2) is 5.44. The van der Waals surface area contributed by atoms with Gasteiger partial charge in [0.1, 0.15) is 5.75 Å². The molecule has 0 unspecified atom stereocenters. The van der Waals surface area contributed by atoms with Crippen molar-refractivity contribution in [2.24, 2.45) is 0 Å². The molecule has 0 amide bonds. The number of fused-ring (bicyclic) bond motifs is 1. The average molecular weight is 266 g/mol. The Bertz CT molecular complexity index is 555. The molecule has 2 rings (SSSR count). The first kappa shape index (κ1) is 13.0. The van der Waals surface area contributed by atoms with Crippen molar-refractivity contribution in [2.45, 2.75) is 26.9 Å².